The van der Waals surface area contributed by atoms with Crippen molar-refractivity contribution in [1.82, 2.24) is 6.15 Å². The van der Waals surface area contributed by atoms with Crippen LogP contribution in [0.1, 0.15) is 0 Å². The van der Waals surface area contributed by atoms with Gasteiger partial charge in [-0.1, -0.05) is 0 Å². The van der Waals surface area contributed by atoms with E-state index >= 15 is 0 Å². The van der Waals surface area contributed by atoms with Crippen molar-refractivity contribution in [2.24, 2.45) is 0 Å². The molecule has 0 saturated carbocycles. The van der Waals surface area contributed by atoms with Crippen molar-refractivity contribution in [2.45, 2.75) is 0 Å². The molecule has 0 heterocycles. The van der Waals surface area contributed by atoms with Crippen molar-refractivity contribution in [3.8, 4) is 0 Å². The first-order valence-electron chi connectivity index (χ1n) is 0. The van der Waals surface area contributed by atoms with Crippen molar-refractivity contribution in [3.05, 3.63) is 0 Å². The molecular weight excluding hydrogens is 250 g/mol. The second-order valence-electron chi connectivity index (χ2n) is 0. The molecule has 0 atom stereocenters. The van der Waals surface area contributed by atoms with Crippen LogP contribution in [-0.2, 0) is 67.4 Å². The largest absolute Gasteiger partial charge is 0.344 e. The van der Waals surface area contributed by atoms with E-state index in [4.69, 9.17) is 0 Å². The van der Waals surface area contributed by atoms with Crippen LogP contribution in [0.25, 0.3) is 0 Å². The molecule has 3 radical (unpaired) electrons. The van der Waals surface area contributed by atoms with Crippen LogP contribution in [0, 0.1) is 0 Å². The molecule has 0 aliphatic carbocycles. The van der Waals surface area contributed by atoms with Crippen LogP contribution < -0.4 is 6.15 Å². The van der Waals surface area contributed by atoms with Gasteiger partial charge in [0.25, 0.3) is 0 Å². The van der Waals surface area contributed by atoms with Gasteiger partial charge in [0.15, 0.2) is 0 Å². The molecule has 0 amide bonds. The third kappa shape index (κ3) is 24.0. The summed E-state index contributed by atoms with van der Waals surface area (Å²) in [5.74, 6) is 0. The molecule has 0 aromatic rings. The Morgan fingerprint density at radius 2 is 1.00 bits per heavy atom. The van der Waals surface area contributed by atoms with Crippen LogP contribution in [0.4, 0.5) is 0 Å². The minimum Gasteiger partial charge on any atom is -0.344 e. The first-order valence-corrected chi connectivity index (χ1v) is 0. The molecule has 0 aromatic heterocycles. The summed E-state index contributed by atoms with van der Waals surface area (Å²) in [6, 6.07) is 0. The van der Waals surface area contributed by atoms with Crippen LogP contribution in [0.15, 0.2) is 0 Å². The average Bonchev–Trinajstić information content (AvgIpc) is 0. The standard InChI is InChI=1S/Co.Cu.Mn.H3N.Ni/h;;;1H3;. The van der Waals surface area contributed by atoms with Gasteiger partial charge < -0.3 is 6.15 Å². The fourth-order valence-corrected chi connectivity index (χ4v) is 0. The molecule has 0 spiro atoms. The molecule has 0 aliphatic heterocycles. The molecular formula is H3CoCuMnNNi. The van der Waals surface area contributed by atoms with Gasteiger partial charge in [0.05, 0.1) is 0 Å². The molecule has 5 heteroatoms. The molecule has 1 nitrogen and oxygen atoms in total. The maximum Gasteiger partial charge on any atom is 0 e. The van der Waals surface area contributed by atoms with Crippen LogP contribution >= 0.6 is 0 Å². The zero-order chi connectivity index (χ0) is 0. The predicted octanol–water partition coefficient (Wildman–Crippen LogP) is 0.152. The molecule has 45 valence electrons. The summed E-state index contributed by atoms with van der Waals surface area (Å²) in [5, 5.41) is 0. The van der Waals surface area contributed by atoms with E-state index in [1.165, 1.54) is 0 Å². The third-order valence-electron chi connectivity index (χ3n) is 0. The second kappa shape index (κ2) is 37.5. The van der Waals surface area contributed by atoms with E-state index in [1.54, 1.807) is 0 Å². The van der Waals surface area contributed by atoms with E-state index < -0.39 is 0 Å². The zero-order valence-electron chi connectivity index (χ0n) is 2.04. The fraction of sp³-hybridized carbons (Fsp3) is 0. The first-order chi connectivity index (χ1) is 0. The van der Waals surface area contributed by atoms with Crippen molar-refractivity contribution < 1.29 is 67.4 Å². The van der Waals surface area contributed by atoms with Crippen molar-refractivity contribution in [1.29, 1.82) is 0 Å². The summed E-state index contributed by atoms with van der Waals surface area (Å²) in [5.41, 5.74) is 0. The summed E-state index contributed by atoms with van der Waals surface area (Å²) in [6.07, 6.45) is 0. The third-order valence-corrected chi connectivity index (χ3v) is 0. The van der Waals surface area contributed by atoms with E-state index in [2.05, 4.69) is 0 Å². The zero-order valence-corrected chi connectivity index (χ0v) is 6.19. The summed E-state index contributed by atoms with van der Waals surface area (Å²) in [4.78, 5) is 0. The van der Waals surface area contributed by atoms with Gasteiger partial charge >= 0.3 is 0 Å². The Morgan fingerprint density at radius 3 is 1.00 bits per heavy atom. The van der Waals surface area contributed by atoms with Gasteiger partial charge in [0.1, 0.15) is 0 Å². The minimum absolute atomic E-state index is 0. The van der Waals surface area contributed by atoms with Gasteiger partial charge in [-0.2, -0.15) is 0 Å². The molecule has 0 rings (SSSR count). The van der Waals surface area contributed by atoms with E-state index in [0.717, 1.165) is 0 Å². The van der Waals surface area contributed by atoms with Gasteiger partial charge in [-0.15, -0.1) is 0 Å². The summed E-state index contributed by atoms with van der Waals surface area (Å²) in [6.45, 7) is 0. The predicted molar refractivity (Wildman–Crippen MR) is 5.02 cm³/mol. The maximum atomic E-state index is 0. The molecule has 0 unspecified atom stereocenters. The van der Waals surface area contributed by atoms with Crippen LogP contribution in [0.3, 0.4) is 0 Å². The van der Waals surface area contributed by atoms with Crippen molar-refractivity contribution >= 4 is 0 Å². The topological polar surface area (TPSA) is 35.0 Å². The molecule has 0 bridgehead atoms. The quantitative estimate of drug-likeness (QED) is 0.613. The molecule has 0 saturated heterocycles. The monoisotopic (exact) mass is 252 g/mol. The van der Waals surface area contributed by atoms with Gasteiger partial charge in [-0.25, -0.2) is 0 Å². The molecule has 3 N–H and O–H groups in total. The number of hydrogen-bond acceptors (Lipinski definition) is 1. The smallest absolute Gasteiger partial charge is 0 e. The SMILES string of the molecule is N.[Co].[Cu].[Mn].[Ni]. The van der Waals surface area contributed by atoms with E-state index in [0.29, 0.717) is 0 Å². The Hall–Kier alpha value is 2.00. The van der Waals surface area contributed by atoms with Gasteiger partial charge in [0, 0.05) is 67.4 Å². The average molecular weight is 253 g/mol. The van der Waals surface area contributed by atoms with E-state index in [-0.39, 0.29) is 73.6 Å². The molecule has 0 aromatic carbocycles. The molecule has 5 heavy (non-hydrogen) atoms. The normalized spacial score (nSPS) is 0. The van der Waals surface area contributed by atoms with Gasteiger partial charge in [0.2, 0.25) is 0 Å². The van der Waals surface area contributed by atoms with Crippen LogP contribution in [0.2, 0.25) is 0 Å². The Labute approximate surface area is 73.1 Å². The van der Waals surface area contributed by atoms with Crippen LogP contribution in [0.5, 0.6) is 0 Å². The maximum absolute atomic E-state index is 0. The van der Waals surface area contributed by atoms with Gasteiger partial charge in [-0.3, -0.25) is 0 Å². The summed E-state index contributed by atoms with van der Waals surface area (Å²) in [7, 11) is 0. The number of rotatable bonds is 0. The van der Waals surface area contributed by atoms with E-state index in [9.17, 15) is 0 Å². The Balaban J connectivity index is 0. The van der Waals surface area contributed by atoms with Crippen LogP contribution in [-0.4, -0.2) is 0 Å². The second-order valence-corrected chi connectivity index (χ2v) is 0. The molecule has 0 aliphatic rings. The summed E-state index contributed by atoms with van der Waals surface area (Å²) >= 11 is 0. The Morgan fingerprint density at radius 1 is 1.00 bits per heavy atom. The summed E-state index contributed by atoms with van der Waals surface area (Å²) < 4.78 is 0. The van der Waals surface area contributed by atoms with Crippen molar-refractivity contribution in [2.75, 3.05) is 0 Å². The first kappa shape index (κ1) is 63.0. The Bertz CT molecular complexity index is 11.6. The van der Waals surface area contributed by atoms with E-state index in [1.807, 2.05) is 0 Å². The molecule has 0 fully saturated rings. The fourth-order valence-electron chi connectivity index (χ4n) is 0. The van der Waals surface area contributed by atoms with Crippen molar-refractivity contribution in [3.63, 3.8) is 0 Å². The minimum atomic E-state index is 0. The van der Waals surface area contributed by atoms with Gasteiger partial charge in [-0.05, 0) is 0 Å². The number of hydrogen-bond donors (Lipinski definition) is 1. The Kier molecular flexibility index (Phi) is 473.